The molecule has 9 nitrogen and oxygen atoms in total. The predicted molar refractivity (Wildman–Crippen MR) is 109 cm³/mol. The maximum absolute atomic E-state index is 12.0. The molecule has 0 unspecified atom stereocenters. The monoisotopic (exact) mass is 441 g/mol. The Morgan fingerprint density at radius 1 is 1.00 bits per heavy atom. The van der Waals surface area contributed by atoms with Gasteiger partial charge in [-0.05, 0) is 53.4 Å². The molecule has 0 N–H and O–H groups in total. The van der Waals surface area contributed by atoms with Crippen LogP contribution in [0.1, 0.15) is 17.2 Å². The lowest BCUT2D eigenvalue weighted by atomic mass is 10.2. The van der Waals surface area contributed by atoms with Crippen LogP contribution in [0.2, 0.25) is 0 Å². The molecule has 152 valence electrons. The third-order valence-corrected chi connectivity index (χ3v) is 5.72. The molecule has 0 radical (unpaired) electrons. The molecule has 0 aliphatic carbocycles. The van der Waals surface area contributed by atoms with E-state index in [2.05, 4.69) is 20.5 Å². The van der Waals surface area contributed by atoms with Crippen molar-refractivity contribution in [3.8, 4) is 0 Å². The highest BCUT2D eigenvalue weighted by Crippen LogP contribution is 2.27. The van der Waals surface area contributed by atoms with Crippen LogP contribution in [0.15, 0.2) is 80.9 Å². The summed E-state index contributed by atoms with van der Waals surface area (Å²) < 4.78 is 11.8. The van der Waals surface area contributed by atoms with E-state index in [0.717, 1.165) is 15.6 Å². The number of aryl methyl sites for hydroxylation is 2. The Morgan fingerprint density at radius 3 is 2.50 bits per heavy atom. The lowest BCUT2D eigenvalue weighted by Crippen LogP contribution is -2.03. The Hall–Kier alpha value is -3.18. The zero-order valence-electron chi connectivity index (χ0n) is 15.9. The Morgan fingerprint density at radius 2 is 1.77 bits per heavy atom. The Labute approximate surface area is 178 Å². The van der Waals surface area contributed by atoms with Gasteiger partial charge in [0.15, 0.2) is 0 Å². The fourth-order valence-corrected chi connectivity index (χ4v) is 4.34. The van der Waals surface area contributed by atoms with Crippen LogP contribution in [-0.2, 0) is 13.5 Å². The minimum Gasteiger partial charge on any atom is -0.428 e. The van der Waals surface area contributed by atoms with Crippen LogP contribution in [0.25, 0.3) is 0 Å². The summed E-state index contributed by atoms with van der Waals surface area (Å²) in [6.45, 7) is 1.72. The van der Waals surface area contributed by atoms with Gasteiger partial charge in [-0.25, -0.2) is 19.3 Å². The predicted octanol–water partition coefficient (Wildman–Crippen LogP) is 2.71. The van der Waals surface area contributed by atoms with Crippen LogP contribution in [0, 0.1) is 6.92 Å². The van der Waals surface area contributed by atoms with Crippen LogP contribution < -0.4 is 11.3 Å². The van der Waals surface area contributed by atoms with Crippen LogP contribution >= 0.6 is 23.5 Å². The molecule has 0 spiro atoms. The second-order valence-electron chi connectivity index (χ2n) is 6.23. The van der Waals surface area contributed by atoms with E-state index in [4.69, 9.17) is 8.83 Å². The van der Waals surface area contributed by atoms with E-state index in [1.165, 1.54) is 40.3 Å². The first-order chi connectivity index (χ1) is 14.4. The van der Waals surface area contributed by atoms with E-state index >= 15 is 0 Å². The van der Waals surface area contributed by atoms with Crippen molar-refractivity contribution in [2.24, 2.45) is 7.05 Å². The van der Waals surface area contributed by atoms with E-state index in [-0.39, 0.29) is 0 Å². The molecule has 4 heterocycles. The molecule has 0 saturated carbocycles. The molecular formula is C19H15N5O4S2. The number of aromatic nitrogens is 5. The van der Waals surface area contributed by atoms with E-state index < -0.39 is 11.3 Å². The highest BCUT2D eigenvalue weighted by atomic mass is 32.2. The molecule has 4 rings (SSSR count). The maximum Gasteiger partial charge on any atom is 0.336 e. The Bertz CT molecular complexity index is 1310. The summed E-state index contributed by atoms with van der Waals surface area (Å²) >= 11 is 2.63. The highest BCUT2D eigenvalue weighted by molar-refractivity contribution is 7.99. The van der Waals surface area contributed by atoms with Crippen molar-refractivity contribution in [1.82, 2.24) is 25.2 Å². The van der Waals surface area contributed by atoms with E-state index in [1.807, 2.05) is 18.2 Å². The van der Waals surface area contributed by atoms with Crippen LogP contribution in [0.3, 0.4) is 0 Å². The molecular weight excluding hydrogens is 426 g/mol. The van der Waals surface area contributed by atoms with Gasteiger partial charge in [0, 0.05) is 41.1 Å². The Kier molecular flexibility index (Phi) is 5.81. The summed E-state index contributed by atoms with van der Waals surface area (Å²) in [4.78, 5) is 29.6. The maximum atomic E-state index is 12.0. The van der Waals surface area contributed by atoms with Crippen LogP contribution in [0.4, 0.5) is 0 Å². The molecule has 0 saturated heterocycles. The minimum atomic E-state index is -0.456. The smallest absolute Gasteiger partial charge is 0.336 e. The minimum absolute atomic E-state index is 0.338. The highest BCUT2D eigenvalue weighted by Gasteiger charge is 2.10. The topological polar surface area (TPSA) is 117 Å². The molecule has 4 aromatic rings. The van der Waals surface area contributed by atoms with Gasteiger partial charge in [0.1, 0.15) is 16.5 Å². The quantitative estimate of drug-likeness (QED) is 0.442. The lowest BCUT2D eigenvalue weighted by molar-refractivity contribution is 0.462. The van der Waals surface area contributed by atoms with Gasteiger partial charge < -0.3 is 8.83 Å². The molecule has 0 aromatic carbocycles. The number of rotatable bonds is 6. The SMILES string of the molecule is Cc1cc(Sc2cccc(Cc3cc(Sc4nnnn4C)cc(=O)o3)n2)cc(=O)o1. The Balaban J connectivity index is 1.54. The molecule has 0 fully saturated rings. The molecule has 4 aromatic heterocycles. The van der Waals surface area contributed by atoms with Gasteiger partial charge in [-0.15, -0.1) is 5.10 Å². The number of nitrogens with zero attached hydrogens (tertiary/aromatic N) is 5. The van der Waals surface area contributed by atoms with Crippen molar-refractivity contribution in [2.75, 3.05) is 0 Å². The van der Waals surface area contributed by atoms with E-state index in [1.54, 1.807) is 26.1 Å². The molecule has 0 atom stereocenters. The van der Waals surface area contributed by atoms with E-state index in [0.29, 0.717) is 28.0 Å². The summed E-state index contributed by atoms with van der Waals surface area (Å²) in [6, 6.07) is 11.9. The first-order valence-electron chi connectivity index (χ1n) is 8.74. The summed E-state index contributed by atoms with van der Waals surface area (Å²) in [6.07, 6.45) is 0.338. The summed E-state index contributed by atoms with van der Waals surface area (Å²) in [5, 5.41) is 12.5. The van der Waals surface area contributed by atoms with Crippen molar-refractivity contribution in [3.63, 3.8) is 0 Å². The zero-order chi connectivity index (χ0) is 21.1. The molecule has 0 aliphatic heterocycles. The average molecular weight is 441 g/mol. The zero-order valence-corrected chi connectivity index (χ0v) is 17.6. The third-order valence-electron chi connectivity index (χ3n) is 3.81. The molecule has 0 aliphatic rings. The standard InChI is InChI=1S/C19H15N5O4S2/c1-11-6-14(9-17(25)27-11)29-16-5-3-4-12(20-16)7-13-8-15(10-18(26)28-13)30-19-21-22-23-24(19)2/h3-6,8-10H,7H2,1-2H3. The van der Waals surface area contributed by atoms with Crippen LogP contribution in [0.5, 0.6) is 0 Å². The first kappa shape index (κ1) is 20.1. The van der Waals surface area contributed by atoms with E-state index in [9.17, 15) is 9.59 Å². The van der Waals surface area contributed by atoms with Crippen molar-refractivity contribution < 1.29 is 8.83 Å². The number of hydrogen-bond donors (Lipinski definition) is 0. The molecule has 11 heteroatoms. The van der Waals surface area contributed by atoms with Gasteiger partial charge in [0.05, 0.1) is 0 Å². The number of pyridine rings is 1. The number of hydrogen-bond acceptors (Lipinski definition) is 10. The van der Waals surface area contributed by atoms with Gasteiger partial charge in [-0.2, -0.15) is 0 Å². The average Bonchev–Trinajstić information content (AvgIpc) is 3.05. The summed E-state index contributed by atoms with van der Waals surface area (Å²) in [5.41, 5.74) is -0.129. The fourth-order valence-electron chi connectivity index (χ4n) is 2.61. The first-order valence-corrected chi connectivity index (χ1v) is 10.4. The van der Waals surface area contributed by atoms with Gasteiger partial charge >= 0.3 is 11.3 Å². The van der Waals surface area contributed by atoms with Crippen LogP contribution in [-0.4, -0.2) is 25.2 Å². The van der Waals surface area contributed by atoms with Gasteiger partial charge in [-0.1, -0.05) is 17.8 Å². The van der Waals surface area contributed by atoms with Gasteiger partial charge in [0.2, 0.25) is 5.16 Å². The van der Waals surface area contributed by atoms with Crippen molar-refractivity contribution >= 4 is 23.5 Å². The molecule has 30 heavy (non-hydrogen) atoms. The van der Waals surface area contributed by atoms with Crippen molar-refractivity contribution in [2.45, 2.75) is 33.3 Å². The number of tetrazole rings is 1. The third kappa shape index (κ3) is 5.05. The lowest BCUT2D eigenvalue weighted by Gasteiger charge is -2.05. The fraction of sp³-hybridized carbons (Fsp3) is 0.158. The second-order valence-corrected chi connectivity index (χ2v) is 8.37. The normalized spacial score (nSPS) is 11.0. The summed E-state index contributed by atoms with van der Waals surface area (Å²) in [7, 11) is 1.72. The van der Waals surface area contributed by atoms with Crippen molar-refractivity contribution in [1.29, 1.82) is 0 Å². The molecule has 0 bridgehead atoms. The summed E-state index contributed by atoms with van der Waals surface area (Å²) in [5.74, 6) is 1.02. The molecule has 0 amide bonds. The largest absolute Gasteiger partial charge is 0.428 e. The van der Waals surface area contributed by atoms with Gasteiger partial charge in [0.25, 0.3) is 0 Å². The second kappa shape index (κ2) is 8.67. The van der Waals surface area contributed by atoms with Crippen molar-refractivity contribution in [3.05, 3.63) is 80.5 Å². The van der Waals surface area contributed by atoms with Gasteiger partial charge in [-0.3, -0.25) is 0 Å².